The number of carbonyl (C=O) groups is 2. The molecule has 27 heavy (non-hydrogen) atoms. The summed E-state index contributed by atoms with van der Waals surface area (Å²) in [5, 5.41) is 2.07. The van der Waals surface area contributed by atoms with Crippen molar-refractivity contribution >= 4 is 17.4 Å². The number of nitrogens with zero attached hydrogens (tertiary/aromatic N) is 1. The number of benzene rings is 2. The average Bonchev–Trinajstić information content (AvgIpc) is 3.09. The molecule has 0 radical (unpaired) electrons. The molecule has 0 spiro atoms. The summed E-state index contributed by atoms with van der Waals surface area (Å²) in [6.45, 7) is 0.362. The maximum atomic E-state index is 13.0. The lowest BCUT2D eigenvalue weighted by atomic mass is 10.1. The minimum Gasteiger partial charge on any atom is -0.340 e. The molecule has 0 fully saturated rings. The molecule has 0 unspecified atom stereocenters. The molecule has 1 N–H and O–H groups in total. The average molecular weight is 372 g/mol. The molecule has 0 atom stereocenters. The van der Waals surface area contributed by atoms with Crippen molar-refractivity contribution < 1.29 is 22.8 Å². The monoisotopic (exact) mass is 372 g/mol. The minimum absolute atomic E-state index is 0.0980. The SMILES string of the molecule is O=C(Nc1ccccc1C(F)(F)F)C(=O)c1cccn1Cc1ccccc1. The van der Waals surface area contributed by atoms with Gasteiger partial charge >= 0.3 is 6.18 Å². The summed E-state index contributed by atoms with van der Waals surface area (Å²) in [6, 6.07) is 16.9. The standard InChI is InChI=1S/C20H15F3N2O2/c21-20(22,23)15-9-4-5-10-16(15)24-19(27)18(26)17-11-6-12-25(17)13-14-7-2-1-3-8-14/h1-12H,13H2,(H,24,27). The van der Waals surface area contributed by atoms with E-state index in [0.29, 0.717) is 6.54 Å². The number of para-hydroxylation sites is 1. The number of aromatic nitrogens is 1. The van der Waals surface area contributed by atoms with Crippen LogP contribution in [0.5, 0.6) is 0 Å². The fourth-order valence-electron chi connectivity index (χ4n) is 2.67. The van der Waals surface area contributed by atoms with Gasteiger partial charge in [0, 0.05) is 12.7 Å². The smallest absolute Gasteiger partial charge is 0.340 e. The van der Waals surface area contributed by atoms with Gasteiger partial charge in [-0.1, -0.05) is 42.5 Å². The second kappa shape index (κ2) is 7.49. The van der Waals surface area contributed by atoms with E-state index in [1.54, 1.807) is 16.8 Å². The van der Waals surface area contributed by atoms with Crippen molar-refractivity contribution in [3.8, 4) is 0 Å². The highest BCUT2D eigenvalue weighted by Gasteiger charge is 2.34. The molecule has 3 rings (SSSR count). The number of alkyl halides is 3. The summed E-state index contributed by atoms with van der Waals surface area (Å²) in [4.78, 5) is 24.7. The molecule has 138 valence electrons. The third-order valence-corrected chi connectivity index (χ3v) is 3.94. The highest BCUT2D eigenvalue weighted by atomic mass is 19.4. The molecular formula is C20H15F3N2O2. The van der Waals surface area contributed by atoms with Gasteiger partial charge in [-0.15, -0.1) is 0 Å². The van der Waals surface area contributed by atoms with Gasteiger partial charge in [-0.05, 0) is 29.8 Å². The first-order valence-corrected chi connectivity index (χ1v) is 8.07. The minimum atomic E-state index is -4.64. The molecule has 0 aliphatic carbocycles. The lowest BCUT2D eigenvalue weighted by Crippen LogP contribution is -2.26. The summed E-state index contributed by atoms with van der Waals surface area (Å²) in [7, 11) is 0. The van der Waals surface area contributed by atoms with Gasteiger partial charge in [-0.2, -0.15) is 13.2 Å². The number of anilines is 1. The van der Waals surface area contributed by atoms with Gasteiger partial charge in [0.05, 0.1) is 16.9 Å². The quantitative estimate of drug-likeness (QED) is 0.534. The van der Waals surface area contributed by atoms with E-state index in [1.165, 1.54) is 18.2 Å². The Morgan fingerprint density at radius 3 is 2.26 bits per heavy atom. The fourth-order valence-corrected chi connectivity index (χ4v) is 2.67. The molecule has 1 amide bonds. The molecule has 0 saturated heterocycles. The summed E-state index contributed by atoms with van der Waals surface area (Å²) < 4.78 is 40.7. The number of ketones is 1. The number of hydrogen-bond donors (Lipinski definition) is 1. The molecular weight excluding hydrogens is 357 g/mol. The van der Waals surface area contributed by atoms with Crippen LogP contribution < -0.4 is 5.32 Å². The van der Waals surface area contributed by atoms with Crippen LogP contribution in [0.2, 0.25) is 0 Å². The Kier molecular flexibility index (Phi) is 5.12. The third kappa shape index (κ3) is 4.25. The van der Waals surface area contributed by atoms with Crippen molar-refractivity contribution in [3.05, 3.63) is 89.7 Å². The predicted octanol–water partition coefficient (Wildman–Crippen LogP) is 4.38. The number of Topliss-reactive ketones (excluding diaryl/α,β-unsaturated/α-hetero) is 1. The van der Waals surface area contributed by atoms with Crippen LogP contribution in [0.1, 0.15) is 21.6 Å². The van der Waals surface area contributed by atoms with E-state index in [4.69, 9.17) is 0 Å². The normalized spacial score (nSPS) is 11.2. The second-order valence-electron chi connectivity index (χ2n) is 5.83. The van der Waals surface area contributed by atoms with Gasteiger partial charge in [0.15, 0.2) is 0 Å². The summed E-state index contributed by atoms with van der Waals surface area (Å²) in [5.41, 5.74) is -0.443. The summed E-state index contributed by atoms with van der Waals surface area (Å²) in [5.74, 6) is -2.03. The summed E-state index contributed by atoms with van der Waals surface area (Å²) in [6.07, 6.45) is -3.00. The number of carbonyl (C=O) groups excluding carboxylic acids is 2. The van der Waals surface area contributed by atoms with Gasteiger partial charge in [0.2, 0.25) is 0 Å². The van der Waals surface area contributed by atoms with Crippen LogP contribution in [0.3, 0.4) is 0 Å². The Labute approximate surface area is 153 Å². The molecule has 0 aliphatic heterocycles. The molecule has 1 aromatic heterocycles. The number of amides is 1. The number of halogens is 3. The van der Waals surface area contributed by atoms with Crippen molar-refractivity contribution in [2.24, 2.45) is 0 Å². The van der Waals surface area contributed by atoms with Crippen molar-refractivity contribution in [2.45, 2.75) is 12.7 Å². The van der Waals surface area contributed by atoms with Crippen molar-refractivity contribution in [2.75, 3.05) is 5.32 Å². The molecule has 0 bridgehead atoms. The first-order valence-electron chi connectivity index (χ1n) is 8.07. The maximum Gasteiger partial charge on any atom is 0.418 e. The molecule has 4 nitrogen and oxygen atoms in total. The van der Waals surface area contributed by atoms with E-state index in [9.17, 15) is 22.8 Å². The Hall–Kier alpha value is -3.35. The number of rotatable bonds is 5. The van der Waals surface area contributed by atoms with Crippen molar-refractivity contribution in [1.82, 2.24) is 4.57 Å². The lowest BCUT2D eigenvalue weighted by molar-refractivity contribution is -0.137. The van der Waals surface area contributed by atoms with Crippen LogP contribution in [0, 0.1) is 0 Å². The fraction of sp³-hybridized carbons (Fsp3) is 0.100. The largest absolute Gasteiger partial charge is 0.418 e. The van der Waals surface area contributed by atoms with Gasteiger partial charge in [-0.25, -0.2) is 0 Å². The van der Waals surface area contributed by atoms with E-state index in [0.717, 1.165) is 17.7 Å². The molecule has 0 saturated carbocycles. The third-order valence-electron chi connectivity index (χ3n) is 3.94. The van der Waals surface area contributed by atoms with Crippen LogP contribution in [0.15, 0.2) is 72.9 Å². The predicted molar refractivity (Wildman–Crippen MR) is 94.4 cm³/mol. The molecule has 7 heteroatoms. The first-order chi connectivity index (χ1) is 12.9. The Balaban J connectivity index is 1.80. The number of nitrogens with one attached hydrogen (secondary N) is 1. The van der Waals surface area contributed by atoms with E-state index in [2.05, 4.69) is 5.32 Å². The Morgan fingerprint density at radius 1 is 0.889 bits per heavy atom. The molecule has 2 aromatic carbocycles. The Morgan fingerprint density at radius 2 is 1.56 bits per heavy atom. The zero-order chi connectivity index (χ0) is 19.4. The van der Waals surface area contributed by atoms with Crippen LogP contribution in [0.25, 0.3) is 0 Å². The van der Waals surface area contributed by atoms with Gasteiger partial charge in [0.25, 0.3) is 11.7 Å². The van der Waals surface area contributed by atoms with Gasteiger partial charge < -0.3 is 9.88 Å². The first kappa shape index (κ1) is 18.4. The molecule has 3 aromatic rings. The van der Waals surface area contributed by atoms with Crippen LogP contribution in [-0.4, -0.2) is 16.3 Å². The topological polar surface area (TPSA) is 51.1 Å². The van der Waals surface area contributed by atoms with Crippen LogP contribution >= 0.6 is 0 Å². The number of hydrogen-bond acceptors (Lipinski definition) is 2. The lowest BCUT2D eigenvalue weighted by Gasteiger charge is -2.13. The Bertz CT molecular complexity index is 963. The van der Waals surface area contributed by atoms with Crippen molar-refractivity contribution in [3.63, 3.8) is 0 Å². The molecule has 0 aliphatic rings. The second-order valence-corrected chi connectivity index (χ2v) is 5.83. The van der Waals surface area contributed by atoms with Crippen LogP contribution in [0.4, 0.5) is 18.9 Å². The van der Waals surface area contributed by atoms with Gasteiger partial charge in [0.1, 0.15) is 0 Å². The van der Waals surface area contributed by atoms with E-state index < -0.39 is 29.1 Å². The van der Waals surface area contributed by atoms with Crippen LogP contribution in [-0.2, 0) is 17.5 Å². The maximum absolute atomic E-state index is 13.0. The van der Waals surface area contributed by atoms with E-state index in [-0.39, 0.29) is 5.69 Å². The van der Waals surface area contributed by atoms with E-state index in [1.807, 2.05) is 30.3 Å². The zero-order valence-electron chi connectivity index (χ0n) is 14.0. The van der Waals surface area contributed by atoms with E-state index >= 15 is 0 Å². The zero-order valence-corrected chi connectivity index (χ0v) is 14.0. The summed E-state index contributed by atoms with van der Waals surface area (Å²) >= 11 is 0. The molecule has 1 heterocycles. The highest BCUT2D eigenvalue weighted by molar-refractivity contribution is 6.46. The van der Waals surface area contributed by atoms with Gasteiger partial charge in [-0.3, -0.25) is 9.59 Å². The highest BCUT2D eigenvalue weighted by Crippen LogP contribution is 2.34. The van der Waals surface area contributed by atoms with Crippen molar-refractivity contribution in [1.29, 1.82) is 0 Å².